The summed E-state index contributed by atoms with van der Waals surface area (Å²) in [6.07, 6.45) is 2.37. The molecule has 88 valence electrons. The molecule has 2 nitrogen and oxygen atoms in total. The molecule has 2 heteroatoms. The monoisotopic (exact) mass is 218 g/mol. The molecular formula is C14H22N2. The van der Waals surface area contributed by atoms with E-state index < -0.39 is 0 Å². The zero-order valence-electron chi connectivity index (χ0n) is 10.3. The van der Waals surface area contributed by atoms with Crippen molar-refractivity contribution in [2.45, 2.75) is 44.8 Å². The molecule has 16 heavy (non-hydrogen) atoms. The van der Waals surface area contributed by atoms with Crippen LogP contribution < -0.4 is 5.73 Å². The van der Waals surface area contributed by atoms with Gasteiger partial charge in [-0.1, -0.05) is 30.3 Å². The molecule has 0 bridgehead atoms. The molecule has 2 rings (SSSR count). The van der Waals surface area contributed by atoms with Gasteiger partial charge < -0.3 is 5.73 Å². The lowest BCUT2D eigenvalue weighted by Crippen LogP contribution is -2.48. The van der Waals surface area contributed by atoms with Crippen LogP contribution in [0.1, 0.15) is 38.3 Å². The average molecular weight is 218 g/mol. The van der Waals surface area contributed by atoms with Gasteiger partial charge in [-0.05, 0) is 38.8 Å². The Bertz CT molecular complexity index is 321. The highest BCUT2D eigenvalue weighted by Crippen LogP contribution is 2.31. The van der Waals surface area contributed by atoms with Gasteiger partial charge in [-0.25, -0.2) is 0 Å². The van der Waals surface area contributed by atoms with Crippen molar-refractivity contribution in [2.75, 3.05) is 6.54 Å². The molecule has 1 heterocycles. The number of hydrogen-bond donors (Lipinski definition) is 1. The van der Waals surface area contributed by atoms with Crippen LogP contribution in [-0.4, -0.2) is 23.5 Å². The molecule has 0 aromatic heterocycles. The quantitative estimate of drug-likeness (QED) is 0.826. The van der Waals surface area contributed by atoms with E-state index in [1.807, 2.05) is 0 Å². The first-order chi connectivity index (χ1) is 7.70. The fraction of sp³-hybridized carbons (Fsp3) is 0.571. The van der Waals surface area contributed by atoms with E-state index in [9.17, 15) is 0 Å². The van der Waals surface area contributed by atoms with Gasteiger partial charge in [-0.3, -0.25) is 4.90 Å². The zero-order chi connectivity index (χ0) is 11.5. The van der Waals surface area contributed by atoms with Crippen LogP contribution in [0.15, 0.2) is 30.3 Å². The largest absolute Gasteiger partial charge is 0.326 e. The zero-order valence-corrected chi connectivity index (χ0v) is 10.3. The average Bonchev–Trinajstić information content (AvgIpc) is 2.29. The lowest BCUT2D eigenvalue weighted by molar-refractivity contribution is 0.0947. The van der Waals surface area contributed by atoms with Crippen molar-refractivity contribution in [3.8, 4) is 0 Å². The molecule has 1 aliphatic rings. The number of nitrogens with zero attached hydrogens (tertiary/aromatic N) is 1. The maximum Gasteiger partial charge on any atom is 0.0501 e. The fourth-order valence-electron chi connectivity index (χ4n) is 2.72. The smallest absolute Gasteiger partial charge is 0.0501 e. The molecule has 1 saturated heterocycles. The molecule has 0 spiro atoms. The minimum atomic E-state index is 0.276. The Kier molecular flexibility index (Phi) is 3.62. The third-order valence-electron chi connectivity index (χ3n) is 3.52. The molecule has 1 fully saturated rings. The van der Waals surface area contributed by atoms with Crippen molar-refractivity contribution in [3.05, 3.63) is 35.9 Å². The van der Waals surface area contributed by atoms with E-state index in [-0.39, 0.29) is 6.04 Å². The van der Waals surface area contributed by atoms with Crippen molar-refractivity contribution in [1.29, 1.82) is 0 Å². The Balaban J connectivity index is 2.26. The summed E-state index contributed by atoms with van der Waals surface area (Å²) in [6.45, 7) is 5.69. The van der Waals surface area contributed by atoms with Crippen molar-refractivity contribution < 1.29 is 0 Å². The van der Waals surface area contributed by atoms with Gasteiger partial charge in [0.2, 0.25) is 0 Å². The standard InChI is InChI=1S/C14H22N2/c1-11(2)16-10-6-9-13(15)14(16)12-7-4-3-5-8-12/h3-5,7-8,11,13-14H,6,9-10,15H2,1-2H3. The van der Waals surface area contributed by atoms with Crippen LogP contribution in [-0.2, 0) is 0 Å². The van der Waals surface area contributed by atoms with E-state index in [1.54, 1.807) is 0 Å². The summed E-state index contributed by atoms with van der Waals surface area (Å²) in [5, 5.41) is 0. The number of nitrogens with two attached hydrogens (primary N) is 1. The Morgan fingerprint density at radius 1 is 1.25 bits per heavy atom. The first-order valence-corrected chi connectivity index (χ1v) is 6.26. The first-order valence-electron chi connectivity index (χ1n) is 6.26. The SMILES string of the molecule is CC(C)N1CCCC(N)C1c1ccccc1. The molecule has 1 aliphatic heterocycles. The maximum absolute atomic E-state index is 6.30. The summed E-state index contributed by atoms with van der Waals surface area (Å²) < 4.78 is 0. The van der Waals surface area contributed by atoms with Crippen LogP contribution >= 0.6 is 0 Å². The lowest BCUT2D eigenvalue weighted by Gasteiger charge is -2.42. The van der Waals surface area contributed by atoms with Crippen molar-refractivity contribution in [3.63, 3.8) is 0 Å². The summed E-state index contributed by atoms with van der Waals surface area (Å²) in [6, 6.07) is 11.9. The van der Waals surface area contributed by atoms with Crippen LogP contribution in [0.3, 0.4) is 0 Å². The minimum absolute atomic E-state index is 0.276. The van der Waals surface area contributed by atoms with Gasteiger partial charge in [0.1, 0.15) is 0 Å². The molecule has 0 aliphatic carbocycles. The Labute approximate surface area is 98.4 Å². The highest BCUT2D eigenvalue weighted by atomic mass is 15.2. The van der Waals surface area contributed by atoms with E-state index in [2.05, 4.69) is 49.1 Å². The second-order valence-corrected chi connectivity index (χ2v) is 4.99. The molecule has 2 N–H and O–H groups in total. The maximum atomic E-state index is 6.30. The summed E-state index contributed by atoms with van der Waals surface area (Å²) >= 11 is 0. The molecule has 1 aromatic carbocycles. The van der Waals surface area contributed by atoms with Gasteiger partial charge in [0.25, 0.3) is 0 Å². The van der Waals surface area contributed by atoms with Crippen LogP contribution in [0.25, 0.3) is 0 Å². The molecule has 0 radical (unpaired) electrons. The number of likely N-dealkylation sites (tertiary alicyclic amines) is 1. The molecular weight excluding hydrogens is 196 g/mol. The number of piperidine rings is 1. The first kappa shape index (κ1) is 11.6. The van der Waals surface area contributed by atoms with Gasteiger partial charge >= 0.3 is 0 Å². The van der Waals surface area contributed by atoms with Crippen molar-refractivity contribution >= 4 is 0 Å². The van der Waals surface area contributed by atoms with Crippen LogP contribution in [0.5, 0.6) is 0 Å². The van der Waals surface area contributed by atoms with Gasteiger partial charge in [-0.2, -0.15) is 0 Å². The van der Waals surface area contributed by atoms with Gasteiger partial charge in [0, 0.05) is 12.1 Å². The number of rotatable bonds is 2. The molecule has 1 aromatic rings. The van der Waals surface area contributed by atoms with Crippen LogP contribution in [0.4, 0.5) is 0 Å². The van der Waals surface area contributed by atoms with E-state index in [1.165, 1.54) is 18.5 Å². The van der Waals surface area contributed by atoms with Gasteiger partial charge in [-0.15, -0.1) is 0 Å². The predicted octanol–water partition coefficient (Wildman–Crippen LogP) is 2.56. The third-order valence-corrected chi connectivity index (χ3v) is 3.52. The second-order valence-electron chi connectivity index (χ2n) is 4.99. The summed E-state index contributed by atoms with van der Waals surface area (Å²) in [7, 11) is 0. The van der Waals surface area contributed by atoms with Crippen LogP contribution in [0.2, 0.25) is 0 Å². The second kappa shape index (κ2) is 4.98. The molecule has 2 atom stereocenters. The van der Waals surface area contributed by atoms with Gasteiger partial charge in [0.05, 0.1) is 6.04 Å². The summed E-state index contributed by atoms with van der Waals surface area (Å²) in [4.78, 5) is 2.53. The van der Waals surface area contributed by atoms with Gasteiger partial charge in [0.15, 0.2) is 0 Å². The topological polar surface area (TPSA) is 29.3 Å². The van der Waals surface area contributed by atoms with E-state index in [0.29, 0.717) is 12.1 Å². The highest BCUT2D eigenvalue weighted by Gasteiger charge is 2.31. The summed E-state index contributed by atoms with van der Waals surface area (Å²) in [5.41, 5.74) is 7.66. The Morgan fingerprint density at radius 2 is 1.94 bits per heavy atom. The van der Waals surface area contributed by atoms with Crippen molar-refractivity contribution in [2.24, 2.45) is 5.73 Å². The predicted molar refractivity (Wildman–Crippen MR) is 68.2 cm³/mol. The van der Waals surface area contributed by atoms with E-state index in [0.717, 1.165) is 6.42 Å². The normalized spacial score (nSPS) is 27.2. The van der Waals surface area contributed by atoms with E-state index in [4.69, 9.17) is 5.73 Å². The van der Waals surface area contributed by atoms with Crippen molar-refractivity contribution in [1.82, 2.24) is 4.90 Å². The third kappa shape index (κ3) is 2.28. The Hall–Kier alpha value is -0.860. The Morgan fingerprint density at radius 3 is 2.56 bits per heavy atom. The molecule has 0 saturated carbocycles. The number of hydrogen-bond acceptors (Lipinski definition) is 2. The number of benzene rings is 1. The highest BCUT2D eigenvalue weighted by molar-refractivity contribution is 5.21. The van der Waals surface area contributed by atoms with Crippen LogP contribution in [0, 0.1) is 0 Å². The summed E-state index contributed by atoms with van der Waals surface area (Å²) in [5.74, 6) is 0. The minimum Gasteiger partial charge on any atom is -0.326 e. The molecule has 0 amide bonds. The fourth-order valence-corrected chi connectivity index (χ4v) is 2.72. The lowest BCUT2D eigenvalue weighted by atomic mass is 9.90. The van der Waals surface area contributed by atoms with E-state index >= 15 is 0 Å². The molecule has 2 unspecified atom stereocenters.